The Balaban J connectivity index is 2.10. The molecule has 1 aliphatic heterocycles. The SMILES string of the molecule is Cc1ccc(/[N+]([O-])=C2/C(c3ccccc3)OOC2(C)C)cc1. The zero-order valence-corrected chi connectivity index (χ0v) is 12.9. The first-order valence-electron chi connectivity index (χ1n) is 7.30. The molecular weight excluding hydrogens is 278 g/mol. The zero-order chi connectivity index (χ0) is 15.7. The molecule has 1 unspecified atom stereocenters. The third-order valence-corrected chi connectivity index (χ3v) is 3.81. The summed E-state index contributed by atoms with van der Waals surface area (Å²) in [6, 6.07) is 17.1. The summed E-state index contributed by atoms with van der Waals surface area (Å²) < 4.78 is 0.921. The molecule has 0 amide bonds. The molecule has 1 fully saturated rings. The van der Waals surface area contributed by atoms with Crippen molar-refractivity contribution in [3.8, 4) is 0 Å². The van der Waals surface area contributed by atoms with E-state index in [0.29, 0.717) is 11.4 Å². The van der Waals surface area contributed by atoms with Gasteiger partial charge in [0.2, 0.25) is 17.5 Å². The molecule has 0 aromatic heterocycles. The summed E-state index contributed by atoms with van der Waals surface area (Å²) in [5.41, 5.74) is 2.34. The monoisotopic (exact) mass is 297 g/mol. The molecule has 2 aromatic rings. The van der Waals surface area contributed by atoms with Gasteiger partial charge in [0.25, 0.3) is 0 Å². The topological polar surface area (TPSA) is 44.5 Å². The summed E-state index contributed by atoms with van der Waals surface area (Å²) in [4.78, 5) is 10.9. The largest absolute Gasteiger partial charge is 0.618 e. The molecule has 0 aliphatic carbocycles. The Hall–Kier alpha value is -2.17. The van der Waals surface area contributed by atoms with Gasteiger partial charge in [-0.25, -0.2) is 9.78 Å². The molecule has 2 aromatic carbocycles. The Morgan fingerprint density at radius 2 is 1.64 bits per heavy atom. The molecule has 1 saturated heterocycles. The summed E-state index contributed by atoms with van der Waals surface area (Å²) in [6.07, 6.45) is -0.505. The van der Waals surface area contributed by atoms with Gasteiger partial charge in [0.1, 0.15) is 0 Å². The smallest absolute Gasteiger partial charge is 0.241 e. The van der Waals surface area contributed by atoms with Crippen LogP contribution in [0.1, 0.15) is 31.1 Å². The first-order valence-corrected chi connectivity index (χ1v) is 7.30. The Morgan fingerprint density at radius 3 is 2.27 bits per heavy atom. The van der Waals surface area contributed by atoms with Crippen molar-refractivity contribution in [1.82, 2.24) is 0 Å². The fraction of sp³-hybridized carbons (Fsp3) is 0.278. The van der Waals surface area contributed by atoms with Crippen LogP contribution in [0.3, 0.4) is 0 Å². The van der Waals surface area contributed by atoms with E-state index < -0.39 is 11.7 Å². The Kier molecular flexibility index (Phi) is 3.72. The van der Waals surface area contributed by atoms with Crippen LogP contribution in [-0.4, -0.2) is 16.1 Å². The lowest BCUT2D eigenvalue weighted by Gasteiger charge is -2.17. The minimum Gasteiger partial charge on any atom is -0.618 e. The summed E-state index contributed by atoms with van der Waals surface area (Å²) in [6.45, 7) is 5.67. The molecule has 3 rings (SSSR count). The van der Waals surface area contributed by atoms with Crippen LogP contribution in [-0.2, 0) is 9.78 Å². The van der Waals surface area contributed by atoms with E-state index in [1.54, 1.807) is 0 Å². The summed E-state index contributed by atoms with van der Waals surface area (Å²) >= 11 is 0. The highest BCUT2D eigenvalue weighted by Crippen LogP contribution is 2.36. The maximum Gasteiger partial charge on any atom is 0.241 e. The number of rotatable bonds is 2. The number of nitrogens with zero attached hydrogens (tertiary/aromatic N) is 1. The Morgan fingerprint density at radius 1 is 1.00 bits per heavy atom. The normalized spacial score (nSPS) is 22.6. The highest BCUT2D eigenvalue weighted by atomic mass is 17.2. The molecule has 0 N–H and O–H groups in total. The second-order valence-corrected chi connectivity index (χ2v) is 6.00. The van der Waals surface area contributed by atoms with Gasteiger partial charge in [-0.1, -0.05) is 48.0 Å². The van der Waals surface area contributed by atoms with E-state index in [1.165, 1.54) is 0 Å². The Bertz CT molecular complexity index is 690. The molecule has 0 spiro atoms. The van der Waals surface area contributed by atoms with Gasteiger partial charge in [-0.15, -0.1) is 0 Å². The highest BCUT2D eigenvalue weighted by Gasteiger charge is 2.49. The van der Waals surface area contributed by atoms with E-state index in [-0.39, 0.29) is 0 Å². The molecule has 1 aliphatic rings. The Labute approximate surface area is 130 Å². The van der Waals surface area contributed by atoms with Gasteiger partial charge >= 0.3 is 0 Å². The first-order chi connectivity index (χ1) is 10.5. The zero-order valence-electron chi connectivity index (χ0n) is 12.9. The molecule has 22 heavy (non-hydrogen) atoms. The van der Waals surface area contributed by atoms with Crippen molar-refractivity contribution < 1.29 is 14.5 Å². The van der Waals surface area contributed by atoms with Crippen LogP contribution < -0.4 is 0 Å². The van der Waals surface area contributed by atoms with Crippen molar-refractivity contribution in [2.24, 2.45) is 0 Å². The number of hydrogen-bond donors (Lipinski definition) is 0. The van der Waals surface area contributed by atoms with Gasteiger partial charge < -0.3 is 5.21 Å². The fourth-order valence-corrected chi connectivity index (χ4v) is 2.58. The van der Waals surface area contributed by atoms with Crippen LogP contribution in [0.5, 0.6) is 0 Å². The van der Waals surface area contributed by atoms with E-state index in [0.717, 1.165) is 15.9 Å². The summed E-state index contributed by atoms with van der Waals surface area (Å²) in [5, 5.41) is 12.9. The molecular formula is C18H19NO3. The van der Waals surface area contributed by atoms with Gasteiger partial charge in [0.15, 0.2) is 5.60 Å². The average Bonchev–Trinajstić information content (AvgIpc) is 2.83. The predicted octanol–water partition coefficient (Wildman–Crippen LogP) is 4.06. The van der Waals surface area contributed by atoms with E-state index >= 15 is 0 Å². The standard InChI is InChI=1S/C18H19NO3/c1-13-9-11-15(12-10-13)19(20)17-16(21-22-18(17,2)3)14-7-5-4-6-8-14/h4-12,16H,1-3H3/b19-17+. The molecule has 1 heterocycles. The lowest BCUT2D eigenvalue weighted by molar-refractivity contribution is -0.367. The summed E-state index contributed by atoms with van der Waals surface area (Å²) in [7, 11) is 0. The fourth-order valence-electron chi connectivity index (χ4n) is 2.58. The van der Waals surface area contributed by atoms with Crippen molar-refractivity contribution in [2.75, 3.05) is 0 Å². The lowest BCUT2D eigenvalue weighted by Crippen LogP contribution is -2.35. The van der Waals surface area contributed by atoms with Crippen molar-refractivity contribution in [3.05, 3.63) is 70.9 Å². The van der Waals surface area contributed by atoms with Gasteiger partial charge in [-0.3, -0.25) is 0 Å². The van der Waals surface area contributed by atoms with Crippen molar-refractivity contribution in [3.63, 3.8) is 0 Å². The molecule has 0 saturated carbocycles. The van der Waals surface area contributed by atoms with Crippen LogP contribution in [0.4, 0.5) is 5.69 Å². The molecule has 4 nitrogen and oxygen atoms in total. The van der Waals surface area contributed by atoms with E-state index in [2.05, 4.69) is 0 Å². The van der Waals surface area contributed by atoms with Crippen molar-refractivity contribution >= 4 is 11.4 Å². The minimum absolute atomic E-state index is 0.505. The molecule has 4 heteroatoms. The van der Waals surface area contributed by atoms with Crippen molar-refractivity contribution in [2.45, 2.75) is 32.5 Å². The van der Waals surface area contributed by atoms with Crippen LogP contribution >= 0.6 is 0 Å². The second kappa shape index (κ2) is 5.55. The first kappa shape index (κ1) is 14.8. The van der Waals surface area contributed by atoms with Crippen molar-refractivity contribution in [1.29, 1.82) is 0 Å². The van der Waals surface area contributed by atoms with Gasteiger partial charge in [-0.05, 0) is 26.3 Å². The summed E-state index contributed by atoms with van der Waals surface area (Å²) in [5.74, 6) is 0. The quantitative estimate of drug-likeness (QED) is 0.363. The maximum absolute atomic E-state index is 12.9. The molecule has 0 bridgehead atoms. The number of aryl methyl sites for hydroxylation is 1. The number of hydrogen-bond acceptors (Lipinski definition) is 3. The maximum atomic E-state index is 12.9. The van der Waals surface area contributed by atoms with Gasteiger partial charge in [-0.2, -0.15) is 4.74 Å². The third-order valence-electron chi connectivity index (χ3n) is 3.81. The lowest BCUT2D eigenvalue weighted by atomic mass is 9.94. The van der Waals surface area contributed by atoms with Gasteiger partial charge in [0, 0.05) is 12.1 Å². The molecule has 114 valence electrons. The van der Waals surface area contributed by atoms with Gasteiger partial charge in [0.05, 0.1) is 0 Å². The molecule has 1 atom stereocenters. The van der Waals surface area contributed by atoms with E-state index in [9.17, 15) is 5.21 Å². The van der Waals surface area contributed by atoms with E-state index in [4.69, 9.17) is 9.78 Å². The predicted molar refractivity (Wildman–Crippen MR) is 84.9 cm³/mol. The van der Waals surface area contributed by atoms with E-state index in [1.807, 2.05) is 75.4 Å². The van der Waals surface area contributed by atoms with Crippen LogP contribution in [0.25, 0.3) is 0 Å². The molecule has 0 radical (unpaired) electrons. The van der Waals surface area contributed by atoms with Crippen LogP contribution in [0.2, 0.25) is 0 Å². The third kappa shape index (κ3) is 2.63. The highest BCUT2D eigenvalue weighted by molar-refractivity contribution is 5.94. The second-order valence-electron chi connectivity index (χ2n) is 6.00. The average molecular weight is 297 g/mol. The number of benzene rings is 2. The van der Waals surface area contributed by atoms with Crippen LogP contribution in [0.15, 0.2) is 54.6 Å². The van der Waals surface area contributed by atoms with Crippen LogP contribution in [0, 0.1) is 12.1 Å². The minimum atomic E-state index is -0.785.